The van der Waals surface area contributed by atoms with Crippen LogP contribution >= 0.6 is 11.3 Å². The number of aryl methyl sites for hydroxylation is 2. The van der Waals surface area contributed by atoms with Crippen LogP contribution in [0.4, 0.5) is 5.69 Å². The van der Waals surface area contributed by atoms with Gasteiger partial charge in [-0.25, -0.2) is 8.42 Å². The van der Waals surface area contributed by atoms with Crippen LogP contribution < -0.4 is 4.72 Å². The summed E-state index contributed by atoms with van der Waals surface area (Å²) in [5, 5.41) is 0. The summed E-state index contributed by atoms with van der Waals surface area (Å²) in [4.78, 5) is 14.8. The second-order valence-electron chi connectivity index (χ2n) is 6.41. The second-order valence-corrected chi connectivity index (χ2v) is 9.49. The van der Waals surface area contributed by atoms with Gasteiger partial charge in [0.1, 0.15) is 4.21 Å². The second kappa shape index (κ2) is 7.17. The van der Waals surface area contributed by atoms with Gasteiger partial charge in [0.05, 0.1) is 12.1 Å². The van der Waals surface area contributed by atoms with Crippen molar-refractivity contribution >= 4 is 33.0 Å². The summed E-state index contributed by atoms with van der Waals surface area (Å²) in [6.07, 6.45) is 2.37. The predicted octanol–water partition coefficient (Wildman–Crippen LogP) is 3.33. The quantitative estimate of drug-likeness (QED) is 0.868. The van der Waals surface area contributed by atoms with E-state index < -0.39 is 10.0 Å². The monoisotopic (exact) mass is 378 g/mol. The molecule has 0 spiro atoms. The molecule has 1 aromatic carbocycles. The van der Waals surface area contributed by atoms with E-state index in [-0.39, 0.29) is 16.5 Å². The molecule has 7 heteroatoms. The number of nitrogens with one attached hydrogen (secondary N) is 1. The number of amides is 1. The number of thiophene rings is 1. The van der Waals surface area contributed by atoms with Crippen molar-refractivity contribution in [3.8, 4) is 0 Å². The third-order valence-corrected chi connectivity index (χ3v) is 7.27. The molecule has 0 radical (unpaired) electrons. The number of rotatable bonds is 5. The Morgan fingerprint density at radius 3 is 2.60 bits per heavy atom. The number of carbonyl (C=O) groups excluding carboxylic acids is 1. The van der Waals surface area contributed by atoms with Crippen molar-refractivity contribution < 1.29 is 13.2 Å². The van der Waals surface area contributed by atoms with Crippen LogP contribution in [0.1, 0.15) is 28.8 Å². The van der Waals surface area contributed by atoms with Gasteiger partial charge in [-0.1, -0.05) is 12.1 Å². The molecule has 2 heterocycles. The molecule has 1 aliphatic rings. The summed E-state index contributed by atoms with van der Waals surface area (Å²) in [6, 6.07) is 8.96. The Kier molecular flexibility index (Phi) is 5.15. The van der Waals surface area contributed by atoms with Gasteiger partial charge >= 0.3 is 0 Å². The van der Waals surface area contributed by atoms with E-state index >= 15 is 0 Å². The highest BCUT2D eigenvalue weighted by Gasteiger charge is 2.21. The average molecular weight is 379 g/mol. The Labute approximate surface area is 152 Å². The Balaban J connectivity index is 1.73. The molecule has 2 aromatic rings. The zero-order chi connectivity index (χ0) is 18.0. The van der Waals surface area contributed by atoms with Crippen molar-refractivity contribution in [2.45, 2.75) is 37.3 Å². The van der Waals surface area contributed by atoms with Crippen LogP contribution in [-0.4, -0.2) is 32.3 Å². The highest BCUT2D eigenvalue weighted by Crippen LogP contribution is 2.26. The Hall–Kier alpha value is -1.86. The van der Waals surface area contributed by atoms with Crippen LogP contribution in [0, 0.1) is 13.8 Å². The molecule has 5 nitrogen and oxygen atoms in total. The van der Waals surface area contributed by atoms with Gasteiger partial charge in [-0.15, -0.1) is 11.3 Å². The van der Waals surface area contributed by atoms with E-state index in [1.807, 2.05) is 36.9 Å². The van der Waals surface area contributed by atoms with E-state index in [1.165, 1.54) is 0 Å². The van der Waals surface area contributed by atoms with E-state index in [9.17, 15) is 13.2 Å². The zero-order valence-corrected chi connectivity index (χ0v) is 16.0. The number of sulfonamides is 1. The fraction of sp³-hybridized carbons (Fsp3) is 0.389. The molecule has 0 unspecified atom stereocenters. The lowest BCUT2D eigenvalue weighted by Crippen LogP contribution is -2.28. The summed E-state index contributed by atoms with van der Waals surface area (Å²) < 4.78 is 28.1. The summed E-state index contributed by atoms with van der Waals surface area (Å²) in [7, 11) is -3.64. The highest BCUT2D eigenvalue weighted by molar-refractivity contribution is 7.94. The summed E-state index contributed by atoms with van der Waals surface area (Å²) >= 11 is 1.16. The number of benzene rings is 1. The first-order chi connectivity index (χ1) is 11.8. The Bertz CT molecular complexity index is 881. The molecule has 3 rings (SSSR count). The van der Waals surface area contributed by atoms with Crippen LogP contribution in [0.3, 0.4) is 0 Å². The number of hydrogen-bond donors (Lipinski definition) is 1. The van der Waals surface area contributed by atoms with E-state index in [2.05, 4.69) is 4.72 Å². The van der Waals surface area contributed by atoms with Crippen LogP contribution in [0.25, 0.3) is 0 Å². The number of hydrogen-bond acceptors (Lipinski definition) is 4. The minimum Gasteiger partial charge on any atom is -0.342 e. The molecule has 25 heavy (non-hydrogen) atoms. The predicted molar refractivity (Wildman–Crippen MR) is 101 cm³/mol. The van der Waals surface area contributed by atoms with Crippen LogP contribution in [0.5, 0.6) is 0 Å². The van der Waals surface area contributed by atoms with E-state index in [1.54, 1.807) is 12.1 Å². The molecule has 1 N–H and O–H groups in total. The zero-order valence-electron chi connectivity index (χ0n) is 14.4. The maximum absolute atomic E-state index is 12.6. The number of likely N-dealkylation sites (tertiary alicyclic amines) is 1. The van der Waals surface area contributed by atoms with Crippen molar-refractivity contribution in [3.05, 3.63) is 46.3 Å². The molecule has 0 bridgehead atoms. The Morgan fingerprint density at radius 2 is 1.88 bits per heavy atom. The Morgan fingerprint density at radius 1 is 1.16 bits per heavy atom. The minimum atomic E-state index is -3.64. The van der Waals surface area contributed by atoms with Gasteiger partial charge in [-0.2, -0.15) is 0 Å². The highest BCUT2D eigenvalue weighted by atomic mass is 32.2. The largest absolute Gasteiger partial charge is 0.342 e. The molecule has 0 aliphatic carbocycles. The smallest absolute Gasteiger partial charge is 0.271 e. The minimum absolute atomic E-state index is 0.0748. The normalized spacial score (nSPS) is 14.7. The van der Waals surface area contributed by atoms with E-state index in [0.29, 0.717) is 5.69 Å². The first-order valence-electron chi connectivity index (χ1n) is 8.32. The molecule has 1 aromatic heterocycles. The molecular formula is C18H22N2O3S2. The van der Waals surface area contributed by atoms with Crippen LogP contribution in [-0.2, 0) is 21.2 Å². The number of anilines is 1. The van der Waals surface area contributed by atoms with Crippen LogP contribution in [0.2, 0.25) is 0 Å². The lowest BCUT2D eigenvalue weighted by Gasteiger charge is -2.14. The first kappa shape index (κ1) is 17.9. The maximum Gasteiger partial charge on any atom is 0.271 e. The van der Waals surface area contributed by atoms with Gasteiger partial charge in [-0.05, 0) is 56.0 Å². The molecular weight excluding hydrogens is 356 g/mol. The van der Waals surface area contributed by atoms with Crippen molar-refractivity contribution in [2.24, 2.45) is 0 Å². The van der Waals surface area contributed by atoms with Gasteiger partial charge in [0.25, 0.3) is 10.0 Å². The van der Waals surface area contributed by atoms with Gasteiger partial charge in [-0.3, -0.25) is 9.52 Å². The molecule has 1 fully saturated rings. The number of nitrogens with zero attached hydrogens (tertiary/aromatic N) is 1. The van der Waals surface area contributed by atoms with Crippen molar-refractivity contribution in [1.82, 2.24) is 4.90 Å². The molecule has 1 saturated heterocycles. The molecule has 1 aliphatic heterocycles. The van der Waals surface area contributed by atoms with Gasteiger partial charge in [0, 0.05) is 18.0 Å². The molecule has 0 atom stereocenters. The van der Waals surface area contributed by atoms with Crippen molar-refractivity contribution in [2.75, 3.05) is 17.8 Å². The standard InChI is InChI=1S/C18H22N2O3S2/c1-13-5-6-14(2)16(11-13)19-25(22,23)18-8-7-15(24-18)12-17(21)20-9-3-4-10-20/h5-8,11,19H,3-4,9-10,12H2,1-2H3. The third kappa shape index (κ3) is 4.22. The summed E-state index contributed by atoms with van der Waals surface area (Å²) in [6.45, 7) is 5.41. The van der Waals surface area contributed by atoms with Crippen molar-refractivity contribution in [3.63, 3.8) is 0 Å². The van der Waals surface area contributed by atoms with Gasteiger partial charge in [0.15, 0.2) is 0 Å². The molecule has 134 valence electrons. The summed E-state index contributed by atoms with van der Waals surface area (Å²) in [5.41, 5.74) is 2.45. The number of carbonyl (C=O) groups is 1. The molecule has 0 saturated carbocycles. The average Bonchev–Trinajstić information content (AvgIpc) is 3.22. The maximum atomic E-state index is 12.6. The fourth-order valence-electron chi connectivity index (χ4n) is 2.87. The lowest BCUT2D eigenvalue weighted by atomic mass is 10.1. The molecule has 1 amide bonds. The lowest BCUT2D eigenvalue weighted by molar-refractivity contribution is -0.129. The van der Waals surface area contributed by atoms with Gasteiger partial charge < -0.3 is 4.90 Å². The van der Waals surface area contributed by atoms with Crippen LogP contribution in [0.15, 0.2) is 34.5 Å². The van der Waals surface area contributed by atoms with Crippen molar-refractivity contribution in [1.29, 1.82) is 0 Å². The fourth-order valence-corrected chi connectivity index (χ4v) is 5.33. The van der Waals surface area contributed by atoms with E-state index in [4.69, 9.17) is 0 Å². The topological polar surface area (TPSA) is 66.5 Å². The third-order valence-electron chi connectivity index (χ3n) is 4.32. The SMILES string of the molecule is Cc1ccc(C)c(NS(=O)(=O)c2ccc(CC(=O)N3CCCC3)s2)c1. The first-order valence-corrected chi connectivity index (χ1v) is 10.6. The summed E-state index contributed by atoms with van der Waals surface area (Å²) in [5.74, 6) is 0.0748. The van der Waals surface area contributed by atoms with E-state index in [0.717, 1.165) is 53.3 Å². The van der Waals surface area contributed by atoms with Gasteiger partial charge in [0.2, 0.25) is 5.91 Å².